The van der Waals surface area contributed by atoms with E-state index < -0.39 is 5.97 Å². The molecular formula is C27H26N3NiO3-. The van der Waals surface area contributed by atoms with E-state index in [1.54, 1.807) is 6.07 Å². The Hall–Kier alpha value is -3.28. The summed E-state index contributed by atoms with van der Waals surface area (Å²) in [5.74, 6) is -1.20. The number of rotatable bonds is 8. The third-order valence-corrected chi connectivity index (χ3v) is 5.69. The van der Waals surface area contributed by atoms with Crippen molar-refractivity contribution in [2.45, 2.75) is 25.4 Å². The first-order valence-electron chi connectivity index (χ1n) is 11.1. The van der Waals surface area contributed by atoms with E-state index in [2.05, 4.69) is 27.3 Å². The second-order valence-corrected chi connectivity index (χ2v) is 8.01. The summed E-state index contributed by atoms with van der Waals surface area (Å²) in [6.45, 7) is 1.21. The second kappa shape index (κ2) is 12.3. The van der Waals surface area contributed by atoms with E-state index >= 15 is 0 Å². The Morgan fingerprint density at radius 3 is 2.29 bits per heavy atom. The van der Waals surface area contributed by atoms with E-state index in [-0.39, 0.29) is 35.0 Å². The zero-order valence-electron chi connectivity index (χ0n) is 18.6. The molecule has 1 saturated heterocycles. The Morgan fingerprint density at radius 2 is 1.59 bits per heavy atom. The molecular weight excluding hydrogens is 473 g/mol. The van der Waals surface area contributed by atoms with Crippen LogP contribution < -0.4 is 0 Å². The van der Waals surface area contributed by atoms with E-state index in [1.807, 2.05) is 66.7 Å². The number of likely N-dealkylation sites (tertiary alicyclic amines) is 1. The van der Waals surface area contributed by atoms with Crippen LogP contribution in [-0.2, 0) is 32.6 Å². The Bertz CT molecular complexity index is 1140. The maximum absolute atomic E-state index is 13.3. The molecule has 0 aliphatic carbocycles. The first-order valence-corrected chi connectivity index (χ1v) is 11.1. The summed E-state index contributed by atoms with van der Waals surface area (Å²) >= 11 is 0. The number of nitrogens with zero attached hydrogens (tertiary/aromatic N) is 3. The van der Waals surface area contributed by atoms with Crippen molar-refractivity contribution in [1.29, 1.82) is 0 Å². The average Bonchev–Trinajstić information content (AvgIpc) is 3.29. The van der Waals surface area contributed by atoms with Gasteiger partial charge in [-0.1, -0.05) is 84.9 Å². The molecule has 0 radical (unpaired) electrons. The van der Waals surface area contributed by atoms with Crippen molar-refractivity contribution >= 4 is 23.3 Å². The number of benzene rings is 3. The number of aliphatic imine (C=N–C) groups is 1. The third-order valence-electron chi connectivity index (χ3n) is 5.69. The van der Waals surface area contributed by atoms with Gasteiger partial charge in [-0.15, -0.1) is 5.69 Å². The summed E-state index contributed by atoms with van der Waals surface area (Å²) in [6.07, 6.45) is 1.73. The molecule has 178 valence electrons. The molecule has 0 aromatic heterocycles. The van der Waals surface area contributed by atoms with Crippen molar-refractivity contribution in [2.75, 3.05) is 13.1 Å². The minimum absolute atomic E-state index is 0. The normalized spacial score (nSPS) is 16.0. The predicted octanol–water partition coefficient (Wildman–Crippen LogP) is 4.80. The maximum atomic E-state index is 13.3. The Balaban J connectivity index is 0.00000324. The summed E-state index contributed by atoms with van der Waals surface area (Å²) in [5.41, 5.74) is 3.61. The number of hydrogen-bond donors (Lipinski definition) is 1. The fourth-order valence-electron chi connectivity index (χ4n) is 4.15. The molecule has 0 bridgehead atoms. The molecule has 1 fully saturated rings. The van der Waals surface area contributed by atoms with Gasteiger partial charge < -0.3 is 15.2 Å². The van der Waals surface area contributed by atoms with Gasteiger partial charge >= 0.3 is 5.97 Å². The number of carbonyl (C=O) groups excluding carboxylic acids is 1. The largest absolute Gasteiger partial charge is 0.625 e. The molecule has 34 heavy (non-hydrogen) atoms. The number of amides is 1. The molecule has 4 rings (SSSR count). The summed E-state index contributed by atoms with van der Waals surface area (Å²) in [4.78, 5) is 31.0. The minimum atomic E-state index is -1.02. The SMILES string of the molecule is O=C(O)CN=C(c1ccccc1)c1ccccc1[N-]C(=O)[C@@H]1CCCN1Cc1ccccc1.[Ni]. The number of para-hydroxylation sites is 1. The molecule has 1 atom stereocenters. The van der Waals surface area contributed by atoms with Crippen molar-refractivity contribution in [1.82, 2.24) is 4.90 Å². The molecule has 0 unspecified atom stereocenters. The first-order chi connectivity index (χ1) is 16.1. The summed E-state index contributed by atoms with van der Waals surface area (Å²) in [6, 6.07) is 26.5. The first kappa shape index (κ1) is 25.3. The van der Waals surface area contributed by atoms with Crippen LogP contribution in [0.3, 0.4) is 0 Å². The van der Waals surface area contributed by atoms with E-state index in [1.165, 1.54) is 5.56 Å². The van der Waals surface area contributed by atoms with Crippen LogP contribution >= 0.6 is 0 Å². The second-order valence-electron chi connectivity index (χ2n) is 8.01. The number of carboxylic acids is 1. The van der Waals surface area contributed by atoms with Crippen LogP contribution in [0.4, 0.5) is 5.69 Å². The van der Waals surface area contributed by atoms with Crippen molar-refractivity contribution in [3.8, 4) is 0 Å². The summed E-state index contributed by atoms with van der Waals surface area (Å²) in [5, 5.41) is 13.7. The van der Waals surface area contributed by atoms with Crippen molar-refractivity contribution in [3.63, 3.8) is 0 Å². The monoisotopic (exact) mass is 498 g/mol. The van der Waals surface area contributed by atoms with Gasteiger partial charge in [0.25, 0.3) is 0 Å². The molecule has 3 aromatic rings. The van der Waals surface area contributed by atoms with Crippen molar-refractivity contribution in [2.24, 2.45) is 4.99 Å². The summed E-state index contributed by atoms with van der Waals surface area (Å²) in [7, 11) is 0. The van der Waals surface area contributed by atoms with Gasteiger partial charge in [0.15, 0.2) is 0 Å². The van der Waals surface area contributed by atoms with Crippen LogP contribution in [0.15, 0.2) is 89.9 Å². The molecule has 0 saturated carbocycles. The zero-order chi connectivity index (χ0) is 23.0. The molecule has 1 aliphatic heterocycles. The van der Waals surface area contributed by atoms with Gasteiger partial charge in [-0.05, 0) is 30.5 Å². The minimum Gasteiger partial charge on any atom is -0.625 e. The fourth-order valence-corrected chi connectivity index (χ4v) is 4.15. The van der Waals surface area contributed by atoms with Gasteiger partial charge in [0.1, 0.15) is 6.54 Å². The average molecular weight is 499 g/mol. The van der Waals surface area contributed by atoms with Crippen LogP contribution in [0.5, 0.6) is 0 Å². The molecule has 1 amide bonds. The van der Waals surface area contributed by atoms with Crippen LogP contribution in [0.1, 0.15) is 29.5 Å². The van der Waals surface area contributed by atoms with Gasteiger partial charge in [-0.3, -0.25) is 14.7 Å². The number of carbonyl (C=O) groups is 2. The van der Waals surface area contributed by atoms with E-state index in [4.69, 9.17) is 0 Å². The third kappa shape index (κ3) is 6.40. The summed E-state index contributed by atoms with van der Waals surface area (Å²) < 4.78 is 0. The van der Waals surface area contributed by atoms with Gasteiger partial charge in [-0.2, -0.15) is 0 Å². The molecule has 0 spiro atoms. The topological polar surface area (TPSA) is 84.1 Å². The van der Waals surface area contributed by atoms with Crippen LogP contribution in [0.2, 0.25) is 0 Å². The fraction of sp³-hybridized carbons (Fsp3) is 0.222. The van der Waals surface area contributed by atoms with Gasteiger partial charge in [0, 0.05) is 28.6 Å². The molecule has 1 N–H and O–H groups in total. The quantitative estimate of drug-likeness (QED) is 0.357. The predicted molar refractivity (Wildman–Crippen MR) is 129 cm³/mol. The molecule has 1 heterocycles. The van der Waals surface area contributed by atoms with Crippen molar-refractivity contribution in [3.05, 3.63) is 107 Å². The molecule has 3 aromatic carbocycles. The number of aliphatic carboxylic acids is 1. The van der Waals surface area contributed by atoms with E-state index in [0.717, 1.165) is 24.9 Å². The van der Waals surface area contributed by atoms with E-state index in [0.29, 0.717) is 23.5 Å². The zero-order valence-corrected chi connectivity index (χ0v) is 19.6. The van der Waals surface area contributed by atoms with Crippen LogP contribution in [-0.4, -0.2) is 46.7 Å². The Kier molecular flexibility index (Phi) is 9.14. The maximum Gasteiger partial charge on any atom is 0.325 e. The molecule has 6 nitrogen and oxygen atoms in total. The Labute approximate surface area is 209 Å². The number of hydrogen-bond acceptors (Lipinski definition) is 4. The van der Waals surface area contributed by atoms with Gasteiger partial charge in [0.05, 0.1) is 17.7 Å². The molecule has 1 aliphatic rings. The smallest absolute Gasteiger partial charge is 0.325 e. The van der Waals surface area contributed by atoms with Gasteiger partial charge in [-0.25, -0.2) is 0 Å². The van der Waals surface area contributed by atoms with E-state index in [9.17, 15) is 14.7 Å². The van der Waals surface area contributed by atoms with Crippen LogP contribution in [0.25, 0.3) is 5.32 Å². The molecule has 7 heteroatoms. The van der Waals surface area contributed by atoms with Crippen LogP contribution in [0, 0.1) is 0 Å². The van der Waals surface area contributed by atoms with Crippen molar-refractivity contribution < 1.29 is 31.2 Å². The Morgan fingerprint density at radius 1 is 0.941 bits per heavy atom. The number of carboxylic acid groups (broad SMARTS) is 1. The standard InChI is InChI=1S/C27H27N3O3.Ni/c31-25(32)18-28-26(21-12-5-2-6-13-21)22-14-7-8-15-23(22)29-27(33)24-16-9-17-30(24)19-20-10-3-1-4-11-20;/h1-8,10-15,24H,9,16-19H2,(H2,28,29,31,32,33);/p-1/t24-;/m0./s1. The van der Waals surface area contributed by atoms with Gasteiger partial charge in [0.2, 0.25) is 0 Å².